The Balaban J connectivity index is 1.95. The van der Waals surface area contributed by atoms with Crippen LogP contribution < -0.4 is 11.5 Å². The van der Waals surface area contributed by atoms with Gasteiger partial charge in [-0.1, -0.05) is 0 Å². The van der Waals surface area contributed by atoms with E-state index in [1.807, 2.05) is 0 Å². The lowest BCUT2D eigenvalue weighted by atomic mass is 9.79. The number of non-ortho nitro benzene ring substituents is 1. The highest BCUT2D eigenvalue weighted by Gasteiger charge is 2.28. The summed E-state index contributed by atoms with van der Waals surface area (Å²) >= 11 is 0. The van der Waals surface area contributed by atoms with Gasteiger partial charge in [0.05, 0.1) is 4.92 Å². The number of nitrogens with two attached hydrogens (primary N) is 2. The Bertz CT molecular complexity index is 1260. The third-order valence-electron chi connectivity index (χ3n) is 5.19. The molecule has 0 saturated heterocycles. The van der Waals surface area contributed by atoms with Crippen molar-refractivity contribution < 1.29 is 19.3 Å². The second-order valence-electron chi connectivity index (χ2n) is 6.92. The Labute approximate surface area is 170 Å². The summed E-state index contributed by atoms with van der Waals surface area (Å²) in [4.78, 5) is 47.2. The number of rotatable bonds is 4. The molecule has 0 aromatic heterocycles. The molecule has 0 unspecified atom stereocenters. The monoisotopic (exact) mass is 401 g/mol. The molecule has 0 atom stereocenters. The van der Waals surface area contributed by atoms with Gasteiger partial charge in [0.2, 0.25) is 11.8 Å². The minimum Gasteiger partial charge on any atom is -0.366 e. The van der Waals surface area contributed by atoms with Crippen molar-refractivity contribution in [3.05, 3.63) is 98.1 Å². The maximum absolute atomic E-state index is 13.1. The van der Waals surface area contributed by atoms with Crippen molar-refractivity contribution in [1.29, 1.82) is 0 Å². The molecule has 0 bridgehead atoms. The first-order valence-electron chi connectivity index (χ1n) is 8.96. The number of fused-ring (bicyclic) bond motifs is 2. The van der Waals surface area contributed by atoms with Crippen LogP contribution in [0.25, 0.3) is 11.1 Å². The molecule has 30 heavy (non-hydrogen) atoms. The highest BCUT2D eigenvalue weighted by molar-refractivity contribution is 6.15. The first kappa shape index (κ1) is 19.0. The fourth-order valence-corrected chi connectivity index (χ4v) is 3.78. The predicted octanol–water partition coefficient (Wildman–Crippen LogP) is 2.59. The molecule has 1 aliphatic carbocycles. The molecule has 4 N–H and O–H groups in total. The number of primary amides is 2. The lowest BCUT2D eigenvalue weighted by Crippen LogP contribution is -2.21. The summed E-state index contributed by atoms with van der Waals surface area (Å²) in [6.45, 7) is 0. The Hall–Kier alpha value is -4.33. The largest absolute Gasteiger partial charge is 0.366 e. The normalized spacial score (nSPS) is 12.1. The number of hydrogen-bond acceptors (Lipinski definition) is 5. The first-order valence-corrected chi connectivity index (χ1v) is 8.96. The molecule has 2 amide bonds. The molecule has 1 aliphatic rings. The van der Waals surface area contributed by atoms with Crippen LogP contribution in [0.4, 0.5) is 5.69 Å². The van der Waals surface area contributed by atoms with Crippen LogP contribution in [0.3, 0.4) is 0 Å². The minimum absolute atomic E-state index is 0.100. The van der Waals surface area contributed by atoms with E-state index in [9.17, 15) is 24.5 Å². The van der Waals surface area contributed by atoms with Crippen molar-refractivity contribution in [1.82, 2.24) is 0 Å². The number of carbonyl (C=O) groups excluding carboxylic acids is 3. The van der Waals surface area contributed by atoms with E-state index in [4.69, 9.17) is 11.5 Å². The summed E-state index contributed by atoms with van der Waals surface area (Å²) in [5.74, 6) is -1.55. The molecule has 3 aromatic rings. The van der Waals surface area contributed by atoms with Gasteiger partial charge in [-0.15, -0.1) is 0 Å². The van der Waals surface area contributed by atoms with Gasteiger partial charge in [-0.05, 0) is 71.1 Å². The van der Waals surface area contributed by atoms with Gasteiger partial charge < -0.3 is 11.5 Å². The fraction of sp³-hybridized carbons (Fsp3) is 0.0455. The SMILES string of the molecule is NC(=O)c1ccc2c(c1)Cc1c(ccc(C(N)=O)c1-c1ccc([N+](=O)[O-])cc1)C2=O. The number of benzene rings is 3. The highest BCUT2D eigenvalue weighted by Crippen LogP contribution is 2.37. The maximum Gasteiger partial charge on any atom is 0.269 e. The molecular weight excluding hydrogens is 386 g/mol. The zero-order chi connectivity index (χ0) is 21.6. The van der Waals surface area contributed by atoms with Gasteiger partial charge in [0.15, 0.2) is 5.78 Å². The van der Waals surface area contributed by atoms with Gasteiger partial charge in [-0.3, -0.25) is 24.5 Å². The number of amides is 2. The molecule has 8 heteroatoms. The Morgan fingerprint density at radius 1 is 0.900 bits per heavy atom. The minimum atomic E-state index is -0.685. The van der Waals surface area contributed by atoms with Crippen LogP contribution in [0.2, 0.25) is 0 Å². The first-order chi connectivity index (χ1) is 14.3. The molecular formula is C22H15N3O5. The summed E-state index contributed by atoms with van der Waals surface area (Å²) in [5.41, 5.74) is 14.3. The van der Waals surface area contributed by atoms with Crippen molar-refractivity contribution in [2.24, 2.45) is 11.5 Å². The van der Waals surface area contributed by atoms with Crippen LogP contribution in [-0.2, 0) is 6.42 Å². The van der Waals surface area contributed by atoms with Crippen LogP contribution in [-0.4, -0.2) is 22.5 Å². The van der Waals surface area contributed by atoms with E-state index in [1.54, 1.807) is 18.2 Å². The average molecular weight is 401 g/mol. The fourth-order valence-electron chi connectivity index (χ4n) is 3.78. The predicted molar refractivity (Wildman–Crippen MR) is 108 cm³/mol. The second-order valence-corrected chi connectivity index (χ2v) is 6.92. The molecule has 0 aliphatic heterocycles. The van der Waals surface area contributed by atoms with E-state index in [1.165, 1.54) is 36.4 Å². The number of ketones is 1. The number of carbonyl (C=O) groups is 3. The standard InChI is InChI=1S/C22H15N3O5/c23-21(27)12-3-6-15-13(9-12)10-18-16(20(15)26)7-8-17(22(24)28)19(18)11-1-4-14(5-2-11)25(29)30/h1-9H,10H2,(H2,23,27)(H2,24,28). The smallest absolute Gasteiger partial charge is 0.269 e. The summed E-state index contributed by atoms with van der Waals surface area (Å²) in [6.07, 6.45) is 0.269. The third kappa shape index (κ3) is 3.00. The quantitative estimate of drug-likeness (QED) is 0.398. The van der Waals surface area contributed by atoms with Crippen molar-refractivity contribution in [3.63, 3.8) is 0 Å². The van der Waals surface area contributed by atoms with E-state index in [0.29, 0.717) is 33.4 Å². The van der Waals surface area contributed by atoms with E-state index in [-0.39, 0.29) is 29.0 Å². The van der Waals surface area contributed by atoms with Gasteiger partial charge >= 0.3 is 0 Å². The van der Waals surface area contributed by atoms with Crippen LogP contribution in [0.5, 0.6) is 0 Å². The maximum atomic E-state index is 13.1. The average Bonchev–Trinajstić information content (AvgIpc) is 2.72. The van der Waals surface area contributed by atoms with Gasteiger partial charge in [0.25, 0.3) is 5.69 Å². The van der Waals surface area contributed by atoms with Crippen molar-refractivity contribution >= 4 is 23.3 Å². The van der Waals surface area contributed by atoms with E-state index < -0.39 is 16.7 Å². The topological polar surface area (TPSA) is 146 Å². The Morgan fingerprint density at radius 2 is 1.57 bits per heavy atom. The summed E-state index contributed by atoms with van der Waals surface area (Å²) in [7, 11) is 0. The second kappa shape index (κ2) is 6.93. The van der Waals surface area contributed by atoms with E-state index in [0.717, 1.165) is 0 Å². The Kier molecular flexibility index (Phi) is 4.39. The summed E-state index contributed by atoms with van der Waals surface area (Å²) < 4.78 is 0. The van der Waals surface area contributed by atoms with Crippen LogP contribution in [0.15, 0.2) is 54.6 Å². The van der Waals surface area contributed by atoms with Crippen molar-refractivity contribution in [3.8, 4) is 11.1 Å². The van der Waals surface area contributed by atoms with Crippen LogP contribution in [0.1, 0.15) is 47.8 Å². The third-order valence-corrected chi connectivity index (χ3v) is 5.19. The molecule has 8 nitrogen and oxygen atoms in total. The van der Waals surface area contributed by atoms with Gasteiger partial charge in [-0.2, -0.15) is 0 Å². The molecule has 0 spiro atoms. The number of nitrogens with zero attached hydrogens (tertiary/aromatic N) is 1. The van der Waals surface area contributed by atoms with Gasteiger partial charge in [-0.25, -0.2) is 0 Å². The zero-order valence-electron chi connectivity index (χ0n) is 15.5. The van der Waals surface area contributed by atoms with Crippen LogP contribution in [0, 0.1) is 10.1 Å². The van der Waals surface area contributed by atoms with Crippen molar-refractivity contribution in [2.75, 3.05) is 0 Å². The molecule has 3 aromatic carbocycles. The molecule has 0 radical (unpaired) electrons. The molecule has 0 fully saturated rings. The number of hydrogen-bond donors (Lipinski definition) is 2. The van der Waals surface area contributed by atoms with E-state index in [2.05, 4.69) is 0 Å². The van der Waals surface area contributed by atoms with Crippen molar-refractivity contribution in [2.45, 2.75) is 6.42 Å². The molecule has 4 rings (SSSR count). The van der Waals surface area contributed by atoms with Crippen LogP contribution >= 0.6 is 0 Å². The van der Waals surface area contributed by atoms with Gasteiger partial charge in [0, 0.05) is 34.4 Å². The number of nitro groups is 1. The number of nitro benzene ring substituents is 1. The summed E-state index contributed by atoms with van der Waals surface area (Å²) in [5, 5.41) is 11.0. The Morgan fingerprint density at radius 3 is 2.17 bits per heavy atom. The van der Waals surface area contributed by atoms with Gasteiger partial charge in [0.1, 0.15) is 0 Å². The zero-order valence-corrected chi connectivity index (χ0v) is 15.5. The summed E-state index contributed by atoms with van der Waals surface area (Å²) in [6, 6.07) is 13.3. The van der Waals surface area contributed by atoms with E-state index >= 15 is 0 Å². The molecule has 0 saturated carbocycles. The lowest BCUT2D eigenvalue weighted by molar-refractivity contribution is -0.384. The highest BCUT2D eigenvalue weighted by atomic mass is 16.6. The lowest BCUT2D eigenvalue weighted by Gasteiger charge is -2.23. The molecule has 148 valence electrons. The molecule has 0 heterocycles.